The van der Waals surface area contributed by atoms with Crippen molar-refractivity contribution >= 4 is 0 Å². The Morgan fingerprint density at radius 2 is 2.27 bits per heavy atom. The van der Waals surface area contributed by atoms with Crippen molar-refractivity contribution < 1.29 is 9.50 Å². The molecule has 0 aliphatic heterocycles. The number of aliphatic hydroxyl groups is 1. The monoisotopic (exact) mass is 161 g/mol. The summed E-state index contributed by atoms with van der Waals surface area (Å²) < 4.78 is 11.7. The second kappa shape index (κ2) is 4.67. The summed E-state index contributed by atoms with van der Waals surface area (Å²) in [6, 6.07) is 0.224. The molecule has 0 radical (unpaired) electrons. The van der Waals surface area contributed by atoms with Crippen molar-refractivity contribution in [2.45, 2.75) is 37.8 Å². The van der Waals surface area contributed by atoms with Crippen LogP contribution >= 0.6 is 0 Å². The number of halogens is 1. The number of hydrogen-bond acceptors (Lipinski definition) is 2. The van der Waals surface area contributed by atoms with Crippen LogP contribution in [0, 0.1) is 0 Å². The van der Waals surface area contributed by atoms with Gasteiger partial charge in [-0.3, -0.25) is 4.39 Å². The van der Waals surface area contributed by atoms with Gasteiger partial charge in [-0.05, 0) is 32.2 Å². The average molecular weight is 161 g/mol. The minimum absolute atomic E-state index is 0.199. The summed E-state index contributed by atoms with van der Waals surface area (Å²) in [6.07, 6.45) is 3.38. The van der Waals surface area contributed by atoms with E-state index in [9.17, 15) is 9.50 Å². The van der Waals surface area contributed by atoms with Crippen LogP contribution in [0.2, 0.25) is 0 Å². The van der Waals surface area contributed by atoms with E-state index in [-0.39, 0.29) is 18.8 Å². The van der Waals surface area contributed by atoms with Crippen LogP contribution in [0.3, 0.4) is 0 Å². The average Bonchev–Trinajstić information content (AvgIpc) is 2.37. The van der Waals surface area contributed by atoms with Crippen LogP contribution in [0.1, 0.15) is 25.7 Å². The molecule has 0 spiro atoms. The first-order valence-corrected chi connectivity index (χ1v) is 4.32. The maximum absolute atomic E-state index is 11.7. The molecule has 1 fully saturated rings. The summed E-state index contributed by atoms with van der Waals surface area (Å²) in [7, 11) is 0. The summed E-state index contributed by atoms with van der Waals surface area (Å²) >= 11 is 0. The van der Waals surface area contributed by atoms with Gasteiger partial charge in [0.1, 0.15) is 0 Å². The van der Waals surface area contributed by atoms with Crippen molar-refractivity contribution in [3.8, 4) is 0 Å². The van der Waals surface area contributed by atoms with Crippen LogP contribution in [-0.2, 0) is 0 Å². The molecule has 1 rings (SSSR count). The summed E-state index contributed by atoms with van der Waals surface area (Å²) in [6.45, 7) is 0.425. The number of hydrogen-bond donors (Lipinski definition) is 2. The Morgan fingerprint density at radius 3 is 2.82 bits per heavy atom. The molecule has 1 aliphatic rings. The lowest BCUT2D eigenvalue weighted by Gasteiger charge is -2.15. The zero-order valence-electron chi connectivity index (χ0n) is 6.72. The molecule has 2 nitrogen and oxygen atoms in total. The normalized spacial score (nSPS) is 31.1. The van der Waals surface area contributed by atoms with E-state index in [4.69, 9.17) is 0 Å². The summed E-state index contributed by atoms with van der Waals surface area (Å²) in [4.78, 5) is 0. The van der Waals surface area contributed by atoms with Crippen molar-refractivity contribution in [1.29, 1.82) is 0 Å². The molecule has 2 N–H and O–H groups in total. The van der Waals surface area contributed by atoms with Gasteiger partial charge in [-0.25, -0.2) is 0 Å². The molecule has 2 atom stereocenters. The van der Waals surface area contributed by atoms with Gasteiger partial charge in [0.2, 0.25) is 0 Å². The van der Waals surface area contributed by atoms with Crippen molar-refractivity contribution in [1.82, 2.24) is 5.32 Å². The fourth-order valence-electron chi connectivity index (χ4n) is 1.53. The Balaban J connectivity index is 2.05. The Labute approximate surface area is 66.8 Å². The molecule has 66 valence electrons. The maximum atomic E-state index is 11.7. The lowest BCUT2D eigenvalue weighted by molar-refractivity contribution is 0.149. The van der Waals surface area contributed by atoms with Crippen LogP contribution in [0.5, 0.6) is 0 Å². The van der Waals surface area contributed by atoms with Crippen molar-refractivity contribution in [2.75, 3.05) is 13.2 Å². The minimum atomic E-state index is -0.268. The van der Waals surface area contributed by atoms with Gasteiger partial charge in [0.25, 0.3) is 0 Å². The Bertz CT molecular complexity index is 110. The number of rotatable bonds is 4. The summed E-state index contributed by atoms with van der Waals surface area (Å²) in [5, 5.41) is 12.5. The van der Waals surface area contributed by atoms with Gasteiger partial charge in [-0.1, -0.05) is 0 Å². The predicted molar refractivity (Wildman–Crippen MR) is 42.2 cm³/mol. The van der Waals surface area contributed by atoms with Crippen LogP contribution in [-0.4, -0.2) is 30.5 Å². The van der Waals surface area contributed by atoms with Crippen LogP contribution in [0.25, 0.3) is 0 Å². The van der Waals surface area contributed by atoms with Gasteiger partial charge in [0.05, 0.1) is 12.8 Å². The van der Waals surface area contributed by atoms with Gasteiger partial charge in [-0.15, -0.1) is 0 Å². The van der Waals surface area contributed by atoms with Crippen LogP contribution < -0.4 is 5.32 Å². The molecule has 0 saturated heterocycles. The molecule has 0 aromatic heterocycles. The highest BCUT2D eigenvalue weighted by Gasteiger charge is 2.23. The van der Waals surface area contributed by atoms with E-state index in [1.165, 1.54) is 0 Å². The van der Waals surface area contributed by atoms with Crippen LogP contribution in [0.4, 0.5) is 4.39 Å². The third-order valence-corrected chi connectivity index (χ3v) is 2.20. The molecule has 11 heavy (non-hydrogen) atoms. The van der Waals surface area contributed by atoms with E-state index in [1.807, 2.05) is 0 Å². The highest BCUT2D eigenvalue weighted by molar-refractivity contribution is 4.82. The minimum Gasteiger partial charge on any atom is -0.392 e. The number of alkyl halides is 1. The van der Waals surface area contributed by atoms with Crippen LogP contribution in [0.15, 0.2) is 0 Å². The van der Waals surface area contributed by atoms with Gasteiger partial charge < -0.3 is 10.4 Å². The highest BCUT2D eigenvalue weighted by Crippen LogP contribution is 2.18. The first-order valence-electron chi connectivity index (χ1n) is 4.32. The van der Waals surface area contributed by atoms with E-state index in [0.717, 1.165) is 19.3 Å². The van der Waals surface area contributed by atoms with Crippen molar-refractivity contribution in [3.05, 3.63) is 0 Å². The molecular weight excluding hydrogens is 145 g/mol. The Hall–Kier alpha value is -0.150. The van der Waals surface area contributed by atoms with E-state index >= 15 is 0 Å². The smallest absolute Gasteiger partial charge is 0.0906 e. The molecule has 0 heterocycles. The molecule has 2 unspecified atom stereocenters. The zero-order valence-corrected chi connectivity index (χ0v) is 6.72. The van der Waals surface area contributed by atoms with E-state index in [2.05, 4.69) is 5.32 Å². The highest BCUT2D eigenvalue weighted by atomic mass is 19.1. The van der Waals surface area contributed by atoms with Gasteiger partial charge in [-0.2, -0.15) is 0 Å². The molecule has 1 aliphatic carbocycles. The predicted octanol–water partition coefficient (Wildman–Crippen LogP) is 0.849. The molecule has 0 aromatic rings. The Morgan fingerprint density at radius 1 is 1.45 bits per heavy atom. The standard InChI is InChI=1S/C8H16FNO/c9-5-2-6-10-7-3-1-4-8(7)11/h7-8,10-11H,1-6H2. The zero-order chi connectivity index (χ0) is 8.10. The second-order valence-electron chi connectivity index (χ2n) is 3.10. The lowest BCUT2D eigenvalue weighted by atomic mass is 10.2. The van der Waals surface area contributed by atoms with Gasteiger partial charge in [0.15, 0.2) is 0 Å². The topological polar surface area (TPSA) is 32.3 Å². The molecule has 3 heteroatoms. The second-order valence-corrected chi connectivity index (χ2v) is 3.10. The maximum Gasteiger partial charge on any atom is 0.0906 e. The summed E-state index contributed by atoms with van der Waals surface area (Å²) in [5.41, 5.74) is 0. The van der Waals surface area contributed by atoms with Gasteiger partial charge in [0, 0.05) is 6.04 Å². The largest absolute Gasteiger partial charge is 0.392 e. The van der Waals surface area contributed by atoms with Crippen molar-refractivity contribution in [2.24, 2.45) is 0 Å². The van der Waals surface area contributed by atoms with E-state index in [1.54, 1.807) is 0 Å². The molecule has 0 bridgehead atoms. The molecule has 1 saturated carbocycles. The summed E-state index contributed by atoms with van der Waals surface area (Å²) in [5.74, 6) is 0. The van der Waals surface area contributed by atoms with Gasteiger partial charge >= 0.3 is 0 Å². The molecule has 0 amide bonds. The Kier molecular flexibility index (Phi) is 3.80. The molecular formula is C8H16FNO. The fourth-order valence-corrected chi connectivity index (χ4v) is 1.53. The number of nitrogens with one attached hydrogen (secondary N) is 1. The first kappa shape index (κ1) is 8.94. The third-order valence-electron chi connectivity index (χ3n) is 2.20. The van der Waals surface area contributed by atoms with E-state index in [0.29, 0.717) is 13.0 Å². The lowest BCUT2D eigenvalue weighted by Crippen LogP contribution is -2.36. The molecule has 0 aromatic carbocycles. The fraction of sp³-hybridized carbons (Fsp3) is 1.00. The quantitative estimate of drug-likeness (QED) is 0.599. The SMILES string of the molecule is OC1CCCC1NCCCF. The van der Waals surface area contributed by atoms with E-state index < -0.39 is 0 Å². The third kappa shape index (κ3) is 2.75. The number of aliphatic hydroxyl groups excluding tert-OH is 1. The van der Waals surface area contributed by atoms with Crippen molar-refractivity contribution in [3.63, 3.8) is 0 Å². The first-order chi connectivity index (χ1) is 5.34.